The number of aliphatic imine (C=N–C) groups is 1. The van der Waals surface area contributed by atoms with Gasteiger partial charge < -0.3 is 20.4 Å². The zero-order chi connectivity index (χ0) is 19.5. The van der Waals surface area contributed by atoms with Crippen molar-refractivity contribution in [1.82, 2.24) is 15.5 Å². The molecule has 2 aliphatic carbocycles. The molecule has 1 aliphatic heterocycles. The van der Waals surface area contributed by atoms with Crippen molar-refractivity contribution in [1.29, 1.82) is 0 Å². The maximum Gasteiger partial charge on any atom is 0.243 e. The molecule has 1 heterocycles. The Morgan fingerprint density at radius 3 is 2.64 bits per heavy atom. The van der Waals surface area contributed by atoms with Crippen LogP contribution in [0.1, 0.15) is 32.1 Å². The maximum absolute atomic E-state index is 12.0. The van der Waals surface area contributed by atoms with Crippen molar-refractivity contribution in [2.45, 2.75) is 44.2 Å². The van der Waals surface area contributed by atoms with E-state index in [1.54, 1.807) is 19.0 Å². The lowest BCUT2D eigenvalue weighted by Gasteiger charge is -2.27. The lowest BCUT2D eigenvalue weighted by atomic mass is 9.95. The number of fused-ring (bicyclic) bond motifs is 2. The van der Waals surface area contributed by atoms with Crippen molar-refractivity contribution in [3.05, 3.63) is 30.3 Å². The molecule has 0 spiro atoms. The number of guanidine groups is 1. The molecule has 2 N–H and O–H groups in total. The summed E-state index contributed by atoms with van der Waals surface area (Å²) in [5.41, 5.74) is 1.27. The monoisotopic (exact) mass is 383 g/mol. The van der Waals surface area contributed by atoms with E-state index in [-0.39, 0.29) is 12.5 Å². The van der Waals surface area contributed by atoms with E-state index in [1.807, 2.05) is 0 Å². The predicted octanol–water partition coefficient (Wildman–Crippen LogP) is 2.08. The summed E-state index contributed by atoms with van der Waals surface area (Å²) in [5.74, 6) is 2.50. The van der Waals surface area contributed by atoms with Gasteiger partial charge in [0, 0.05) is 45.0 Å². The molecule has 0 radical (unpaired) electrons. The second-order valence-corrected chi connectivity index (χ2v) is 8.79. The number of benzene rings is 1. The van der Waals surface area contributed by atoms with Crippen molar-refractivity contribution < 1.29 is 4.79 Å². The Hall–Kier alpha value is -2.24. The molecular weight excluding hydrogens is 350 g/mol. The first-order chi connectivity index (χ1) is 13.6. The number of anilines is 1. The van der Waals surface area contributed by atoms with Crippen LogP contribution in [0.3, 0.4) is 0 Å². The zero-order valence-corrected chi connectivity index (χ0v) is 17.1. The molecule has 1 amide bonds. The summed E-state index contributed by atoms with van der Waals surface area (Å²) >= 11 is 0. The normalized spacial score (nSPS) is 29.2. The summed E-state index contributed by atoms with van der Waals surface area (Å²) in [6, 6.07) is 11.4. The van der Waals surface area contributed by atoms with Crippen LogP contribution in [0.5, 0.6) is 0 Å². The second kappa shape index (κ2) is 8.41. The van der Waals surface area contributed by atoms with E-state index in [1.165, 1.54) is 31.4 Å². The molecule has 1 aromatic carbocycles. The minimum atomic E-state index is 0.0337. The van der Waals surface area contributed by atoms with Gasteiger partial charge in [0.2, 0.25) is 5.91 Å². The van der Waals surface area contributed by atoms with Gasteiger partial charge >= 0.3 is 0 Å². The summed E-state index contributed by atoms with van der Waals surface area (Å²) in [6.07, 6.45) is 6.39. The fourth-order valence-electron chi connectivity index (χ4n) is 4.96. The number of amides is 1. The average Bonchev–Trinajstić information content (AvgIpc) is 3.43. The fourth-order valence-corrected chi connectivity index (χ4v) is 4.96. The lowest BCUT2D eigenvalue weighted by molar-refractivity contribution is -0.127. The largest absolute Gasteiger partial charge is 0.369 e. The van der Waals surface area contributed by atoms with Gasteiger partial charge in [-0.3, -0.25) is 4.79 Å². The van der Waals surface area contributed by atoms with Crippen molar-refractivity contribution in [3.63, 3.8) is 0 Å². The van der Waals surface area contributed by atoms with Gasteiger partial charge in [-0.25, -0.2) is 4.99 Å². The molecule has 2 bridgehead atoms. The number of carbonyl (C=O) groups is 1. The van der Waals surface area contributed by atoms with Crippen LogP contribution in [0.25, 0.3) is 0 Å². The first-order valence-corrected chi connectivity index (χ1v) is 10.7. The van der Waals surface area contributed by atoms with Gasteiger partial charge in [-0.2, -0.15) is 0 Å². The predicted molar refractivity (Wildman–Crippen MR) is 114 cm³/mol. The van der Waals surface area contributed by atoms with E-state index in [9.17, 15) is 4.79 Å². The van der Waals surface area contributed by atoms with Gasteiger partial charge in [-0.15, -0.1) is 0 Å². The Balaban J connectivity index is 1.38. The molecule has 2 saturated carbocycles. The number of hydrogen-bond acceptors (Lipinski definition) is 3. The van der Waals surface area contributed by atoms with Crippen LogP contribution in [0.2, 0.25) is 0 Å². The number of hydrogen-bond donors (Lipinski definition) is 2. The molecule has 6 nitrogen and oxygen atoms in total. The molecule has 3 fully saturated rings. The minimum Gasteiger partial charge on any atom is -0.369 e. The molecular formula is C22H33N5O. The number of rotatable bonds is 5. The zero-order valence-electron chi connectivity index (χ0n) is 17.1. The SMILES string of the molecule is CN(C)C(=O)CN=C(NC1CCN(c2ccccc2)C1)NC1CC2CCC1C2. The second-order valence-electron chi connectivity index (χ2n) is 8.79. The van der Waals surface area contributed by atoms with Gasteiger partial charge in [-0.1, -0.05) is 24.6 Å². The number of para-hydroxylation sites is 1. The standard InChI is InChI=1S/C22H33N5O/c1-26(2)21(28)14-23-22(25-20-13-16-8-9-17(20)12-16)24-18-10-11-27(15-18)19-6-4-3-5-7-19/h3-7,16-18,20H,8-15H2,1-2H3,(H2,23,24,25). The molecule has 28 heavy (non-hydrogen) atoms. The van der Waals surface area contributed by atoms with Gasteiger partial charge in [-0.05, 0) is 49.7 Å². The van der Waals surface area contributed by atoms with Crippen LogP contribution >= 0.6 is 0 Å². The Morgan fingerprint density at radius 2 is 1.96 bits per heavy atom. The van der Waals surface area contributed by atoms with Crippen LogP contribution in [0.15, 0.2) is 35.3 Å². The Labute approximate surface area is 168 Å². The third-order valence-corrected chi connectivity index (χ3v) is 6.58. The topological polar surface area (TPSA) is 60.0 Å². The summed E-state index contributed by atoms with van der Waals surface area (Å²) in [5, 5.41) is 7.30. The first-order valence-electron chi connectivity index (χ1n) is 10.7. The summed E-state index contributed by atoms with van der Waals surface area (Å²) in [7, 11) is 3.56. The molecule has 6 heteroatoms. The number of carbonyl (C=O) groups excluding carboxylic acids is 1. The third-order valence-electron chi connectivity index (χ3n) is 6.58. The smallest absolute Gasteiger partial charge is 0.243 e. The van der Waals surface area contributed by atoms with Gasteiger partial charge in [0.25, 0.3) is 0 Å². The van der Waals surface area contributed by atoms with Crippen LogP contribution in [-0.2, 0) is 4.79 Å². The number of likely N-dealkylation sites (N-methyl/N-ethyl adjacent to an activating group) is 1. The molecule has 1 saturated heterocycles. The molecule has 4 rings (SSSR count). The van der Waals surface area contributed by atoms with Gasteiger partial charge in [0.1, 0.15) is 6.54 Å². The molecule has 0 aromatic heterocycles. The summed E-state index contributed by atoms with van der Waals surface area (Å²) in [6.45, 7) is 2.20. The summed E-state index contributed by atoms with van der Waals surface area (Å²) < 4.78 is 0. The highest BCUT2D eigenvalue weighted by Crippen LogP contribution is 2.44. The summed E-state index contributed by atoms with van der Waals surface area (Å²) in [4.78, 5) is 20.7. The Kier molecular flexibility index (Phi) is 5.74. The van der Waals surface area contributed by atoms with Crippen LogP contribution in [-0.4, -0.2) is 62.6 Å². The quantitative estimate of drug-likeness (QED) is 0.604. The van der Waals surface area contributed by atoms with Crippen LogP contribution < -0.4 is 15.5 Å². The molecule has 3 aliphatic rings. The first kappa shape index (κ1) is 19.1. The highest BCUT2D eigenvalue weighted by molar-refractivity contribution is 5.85. The van der Waals surface area contributed by atoms with Crippen molar-refractivity contribution in [3.8, 4) is 0 Å². The van der Waals surface area contributed by atoms with Crippen molar-refractivity contribution in [2.75, 3.05) is 38.6 Å². The van der Waals surface area contributed by atoms with Crippen molar-refractivity contribution in [2.24, 2.45) is 16.8 Å². The molecule has 152 valence electrons. The fraction of sp³-hybridized carbons (Fsp3) is 0.636. The highest BCUT2D eigenvalue weighted by atomic mass is 16.2. The lowest BCUT2D eigenvalue weighted by Crippen LogP contribution is -2.50. The van der Waals surface area contributed by atoms with E-state index in [0.717, 1.165) is 37.3 Å². The number of nitrogens with zero attached hydrogens (tertiary/aromatic N) is 3. The van der Waals surface area contributed by atoms with Crippen molar-refractivity contribution >= 4 is 17.6 Å². The minimum absolute atomic E-state index is 0.0337. The Bertz CT molecular complexity index is 704. The molecule has 4 atom stereocenters. The van der Waals surface area contributed by atoms with E-state index < -0.39 is 0 Å². The Morgan fingerprint density at radius 1 is 1.14 bits per heavy atom. The van der Waals surface area contributed by atoms with E-state index in [2.05, 4.69) is 50.9 Å². The average molecular weight is 384 g/mol. The van der Waals surface area contributed by atoms with E-state index in [4.69, 9.17) is 0 Å². The third kappa shape index (κ3) is 4.42. The van der Waals surface area contributed by atoms with Crippen LogP contribution in [0.4, 0.5) is 5.69 Å². The number of nitrogens with one attached hydrogen (secondary N) is 2. The van der Waals surface area contributed by atoms with Crippen LogP contribution in [0, 0.1) is 11.8 Å². The van der Waals surface area contributed by atoms with Gasteiger partial charge in [0.15, 0.2) is 5.96 Å². The maximum atomic E-state index is 12.0. The van der Waals surface area contributed by atoms with E-state index >= 15 is 0 Å². The molecule has 4 unspecified atom stereocenters. The van der Waals surface area contributed by atoms with E-state index in [0.29, 0.717) is 12.1 Å². The molecule has 1 aromatic rings. The van der Waals surface area contributed by atoms with Gasteiger partial charge in [0.05, 0.1) is 0 Å². The highest BCUT2D eigenvalue weighted by Gasteiger charge is 2.40.